The lowest BCUT2D eigenvalue weighted by Gasteiger charge is -2.19. The molecule has 134 valence electrons. The maximum absolute atomic E-state index is 11.4. The fourth-order valence-electron chi connectivity index (χ4n) is 3.34. The second kappa shape index (κ2) is 6.34. The lowest BCUT2D eigenvalue weighted by Crippen LogP contribution is -2.31. The minimum absolute atomic E-state index is 0.138. The first kappa shape index (κ1) is 17.7. The first-order valence-corrected chi connectivity index (χ1v) is 8.83. The van der Waals surface area contributed by atoms with E-state index in [9.17, 15) is 9.90 Å². The summed E-state index contributed by atoms with van der Waals surface area (Å²) in [4.78, 5) is 13.5. The molecule has 0 bridgehead atoms. The fraction of sp³-hybridized carbons (Fsp3) is 0.476. The average Bonchev–Trinajstić information content (AvgIpc) is 3.15. The van der Waals surface area contributed by atoms with Gasteiger partial charge in [-0.1, -0.05) is 45.0 Å². The largest absolute Gasteiger partial charge is 0.481 e. The number of carboxylic acids is 1. The van der Waals surface area contributed by atoms with Crippen molar-refractivity contribution in [3.8, 4) is 11.3 Å². The molecule has 4 nitrogen and oxygen atoms in total. The summed E-state index contributed by atoms with van der Waals surface area (Å²) in [5.74, 6) is 1.02. The molecule has 1 saturated heterocycles. The van der Waals surface area contributed by atoms with Gasteiger partial charge in [0.05, 0.1) is 12.0 Å². The van der Waals surface area contributed by atoms with Crippen LogP contribution < -0.4 is 0 Å². The summed E-state index contributed by atoms with van der Waals surface area (Å²) in [6, 6.07) is 12.5. The number of benzene rings is 1. The van der Waals surface area contributed by atoms with Crippen molar-refractivity contribution in [2.45, 2.75) is 46.1 Å². The van der Waals surface area contributed by atoms with Crippen molar-refractivity contribution < 1.29 is 14.3 Å². The first-order valence-electron chi connectivity index (χ1n) is 8.83. The summed E-state index contributed by atoms with van der Waals surface area (Å²) >= 11 is 0. The van der Waals surface area contributed by atoms with Crippen LogP contribution in [-0.2, 0) is 16.8 Å². The highest BCUT2D eigenvalue weighted by molar-refractivity contribution is 5.74. The molecule has 3 rings (SSSR count). The van der Waals surface area contributed by atoms with E-state index < -0.39 is 11.4 Å². The molecular formula is C21H27NO3. The van der Waals surface area contributed by atoms with Crippen molar-refractivity contribution in [2.75, 3.05) is 13.1 Å². The molecule has 25 heavy (non-hydrogen) atoms. The van der Waals surface area contributed by atoms with E-state index in [1.807, 2.05) is 19.1 Å². The highest BCUT2D eigenvalue weighted by atomic mass is 16.4. The average molecular weight is 341 g/mol. The molecule has 1 fully saturated rings. The Labute approximate surface area is 149 Å². The summed E-state index contributed by atoms with van der Waals surface area (Å²) in [5.41, 5.74) is 1.86. The Morgan fingerprint density at radius 1 is 1.20 bits per heavy atom. The quantitative estimate of drug-likeness (QED) is 0.887. The number of nitrogens with zero attached hydrogens (tertiary/aromatic N) is 1. The molecule has 0 saturated carbocycles. The third kappa shape index (κ3) is 3.79. The van der Waals surface area contributed by atoms with E-state index >= 15 is 0 Å². The molecule has 0 radical (unpaired) electrons. The molecule has 4 heteroatoms. The van der Waals surface area contributed by atoms with Crippen LogP contribution in [0, 0.1) is 5.41 Å². The van der Waals surface area contributed by atoms with E-state index in [1.165, 1.54) is 5.56 Å². The first-order chi connectivity index (χ1) is 11.7. The molecule has 2 aromatic rings. The van der Waals surface area contributed by atoms with Crippen LogP contribution >= 0.6 is 0 Å². The summed E-state index contributed by atoms with van der Waals surface area (Å²) in [5, 5.41) is 9.34. The van der Waals surface area contributed by atoms with Gasteiger partial charge >= 0.3 is 5.97 Å². The zero-order chi connectivity index (χ0) is 18.2. The smallest absolute Gasteiger partial charge is 0.310 e. The van der Waals surface area contributed by atoms with E-state index in [4.69, 9.17) is 4.42 Å². The van der Waals surface area contributed by atoms with Crippen molar-refractivity contribution in [3.63, 3.8) is 0 Å². The molecule has 1 aliphatic heterocycles. The number of hydrogen-bond donors (Lipinski definition) is 1. The monoisotopic (exact) mass is 341 g/mol. The number of hydrogen-bond acceptors (Lipinski definition) is 3. The summed E-state index contributed by atoms with van der Waals surface area (Å²) in [6.07, 6.45) is 0.685. The van der Waals surface area contributed by atoms with Gasteiger partial charge in [0.1, 0.15) is 11.5 Å². The van der Waals surface area contributed by atoms with Crippen molar-refractivity contribution in [3.05, 3.63) is 47.7 Å². The minimum atomic E-state index is -0.714. The van der Waals surface area contributed by atoms with E-state index in [-0.39, 0.29) is 5.41 Å². The molecule has 2 heterocycles. The normalized spacial score (nSPS) is 21.6. The summed E-state index contributed by atoms with van der Waals surface area (Å²) < 4.78 is 6.00. The molecular weight excluding hydrogens is 314 g/mol. The summed E-state index contributed by atoms with van der Waals surface area (Å²) in [6.45, 7) is 10.4. The van der Waals surface area contributed by atoms with Gasteiger partial charge in [-0.2, -0.15) is 0 Å². The number of carboxylic acid groups (broad SMARTS) is 1. The van der Waals surface area contributed by atoms with Gasteiger partial charge in [0.2, 0.25) is 0 Å². The second-order valence-corrected chi connectivity index (χ2v) is 8.42. The lowest BCUT2D eigenvalue weighted by atomic mass is 9.86. The third-order valence-corrected chi connectivity index (χ3v) is 5.15. The molecule has 1 atom stereocenters. The van der Waals surface area contributed by atoms with Crippen LogP contribution in [0.3, 0.4) is 0 Å². The van der Waals surface area contributed by atoms with Crippen LogP contribution in [-0.4, -0.2) is 29.1 Å². The topological polar surface area (TPSA) is 53.7 Å². The lowest BCUT2D eigenvalue weighted by molar-refractivity contribution is -0.147. The van der Waals surface area contributed by atoms with Crippen molar-refractivity contribution in [1.82, 2.24) is 4.90 Å². The van der Waals surface area contributed by atoms with Crippen molar-refractivity contribution in [1.29, 1.82) is 0 Å². The zero-order valence-electron chi connectivity index (χ0n) is 15.5. The number of furan rings is 1. The predicted octanol–water partition coefficient (Wildman–Crippen LogP) is 4.54. The van der Waals surface area contributed by atoms with Crippen LogP contribution in [0.1, 0.15) is 45.4 Å². The van der Waals surface area contributed by atoms with Crippen molar-refractivity contribution in [2.24, 2.45) is 5.41 Å². The van der Waals surface area contributed by atoms with Gasteiger partial charge in [-0.15, -0.1) is 0 Å². The van der Waals surface area contributed by atoms with Crippen LogP contribution in [0.15, 0.2) is 40.8 Å². The van der Waals surface area contributed by atoms with Crippen LogP contribution in [0.2, 0.25) is 0 Å². The molecule has 0 amide bonds. The molecule has 0 spiro atoms. The van der Waals surface area contributed by atoms with E-state index in [2.05, 4.69) is 49.9 Å². The number of rotatable bonds is 4. The predicted molar refractivity (Wildman–Crippen MR) is 98.5 cm³/mol. The maximum Gasteiger partial charge on any atom is 0.310 e. The minimum Gasteiger partial charge on any atom is -0.481 e. The van der Waals surface area contributed by atoms with Crippen LogP contribution in [0.5, 0.6) is 0 Å². The zero-order valence-corrected chi connectivity index (χ0v) is 15.5. The Kier molecular flexibility index (Phi) is 4.50. The number of likely N-dealkylation sites (tertiary alicyclic amines) is 1. The number of aliphatic carboxylic acids is 1. The molecule has 1 N–H and O–H groups in total. The number of carbonyl (C=O) groups is 1. The Morgan fingerprint density at radius 2 is 1.88 bits per heavy atom. The van der Waals surface area contributed by atoms with Gasteiger partial charge in [-0.05, 0) is 43.0 Å². The maximum atomic E-state index is 11.4. The highest BCUT2D eigenvalue weighted by Crippen LogP contribution is 2.32. The molecule has 1 aliphatic rings. The van der Waals surface area contributed by atoms with Gasteiger partial charge in [0, 0.05) is 12.1 Å². The molecule has 0 aliphatic carbocycles. The van der Waals surface area contributed by atoms with Gasteiger partial charge in [-0.25, -0.2) is 0 Å². The van der Waals surface area contributed by atoms with E-state index in [1.54, 1.807) is 0 Å². The second-order valence-electron chi connectivity index (χ2n) is 8.42. The fourth-order valence-corrected chi connectivity index (χ4v) is 3.34. The summed E-state index contributed by atoms with van der Waals surface area (Å²) in [7, 11) is 0. The highest BCUT2D eigenvalue weighted by Gasteiger charge is 2.40. The van der Waals surface area contributed by atoms with Gasteiger partial charge in [0.15, 0.2) is 0 Å². The van der Waals surface area contributed by atoms with Crippen LogP contribution in [0.25, 0.3) is 11.3 Å². The SMILES string of the molecule is CC1(C(=O)O)CCN(Cc2ccc(-c3ccc(C(C)(C)C)cc3)o2)C1. The third-order valence-electron chi connectivity index (χ3n) is 5.15. The Morgan fingerprint density at radius 3 is 2.44 bits per heavy atom. The van der Waals surface area contributed by atoms with E-state index in [0.717, 1.165) is 23.6 Å². The Hall–Kier alpha value is -2.07. The van der Waals surface area contributed by atoms with E-state index in [0.29, 0.717) is 19.5 Å². The molecule has 1 aromatic heterocycles. The Bertz CT molecular complexity index is 754. The van der Waals surface area contributed by atoms with Gasteiger partial charge in [0.25, 0.3) is 0 Å². The standard InChI is InChI=1S/C21H27NO3/c1-20(2,3)16-7-5-15(6-8-16)18-10-9-17(25-18)13-22-12-11-21(4,14-22)19(23)24/h5-10H,11-14H2,1-4H3,(H,23,24). The van der Waals surface area contributed by atoms with Gasteiger partial charge in [-0.3, -0.25) is 9.69 Å². The Balaban J connectivity index is 1.68. The van der Waals surface area contributed by atoms with Crippen LogP contribution in [0.4, 0.5) is 0 Å². The molecule has 1 unspecified atom stereocenters. The van der Waals surface area contributed by atoms with Gasteiger partial charge < -0.3 is 9.52 Å². The molecule has 1 aromatic carbocycles. The van der Waals surface area contributed by atoms with Crippen molar-refractivity contribution >= 4 is 5.97 Å².